The smallest absolute Gasteiger partial charge is 0.261 e. The molecule has 0 aliphatic carbocycles. The highest BCUT2D eigenvalue weighted by Gasteiger charge is 2.15. The molecule has 5 heteroatoms. The summed E-state index contributed by atoms with van der Waals surface area (Å²) in [5.41, 5.74) is 0.873. The van der Waals surface area contributed by atoms with Crippen LogP contribution in [0.3, 0.4) is 0 Å². The summed E-state index contributed by atoms with van der Waals surface area (Å²) in [6, 6.07) is 8.79. The molecule has 0 radical (unpaired) electrons. The second-order valence-corrected chi connectivity index (χ2v) is 4.25. The van der Waals surface area contributed by atoms with E-state index in [1.54, 1.807) is 31.2 Å². The van der Waals surface area contributed by atoms with Gasteiger partial charge in [-0.25, -0.2) is 0 Å². The van der Waals surface area contributed by atoms with Gasteiger partial charge in [-0.05, 0) is 37.6 Å². The summed E-state index contributed by atoms with van der Waals surface area (Å²) in [5.74, 6) is 0.130. The van der Waals surface area contributed by atoms with Crippen molar-refractivity contribution >= 4 is 11.6 Å². The predicted molar refractivity (Wildman–Crippen MR) is 77.4 cm³/mol. The molecule has 0 aliphatic heterocycles. The number of aromatic amines is 1. The summed E-state index contributed by atoms with van der Waals surface area (Å²) in [6.07, 6.45) is 1.52. The Balaban J connectivity index is 2.31. The Kier molecular flexibility index (Phi) is 4.20. The lowest BCUT2D eigenvalue weighted by molar-refractivity contribution is 0.102. The van der Waals surface area contributed by atoms with Gasteiger partial charge in [-0.15, -0.1) is 0 Å². The molecular formula is C15H16N2O3. The number of ether oxygens (including phenoxy) is 1. The standard InChI is InChI=1S/C15H16N2O3/c1-3-20-12-7-5-4-6-11(12)17-15(19)13-10(2)8-9-16-14(13)18/h4-9H,3H2,1-2H3,(H,16,18)(H,17,19). The van der Waals surface area contributed by atoms with Crippen LogP contribution in [-0.2, 0) is 0 Å². The number of amides is 1. The number of aromatic nitrogens is 1. The number of nitrogens with one attached hydrogen (secondary N) is 2. The number of rotatable bonds is 4. The van der Waals surface area contributed by atoms with E-state index in [0.29, 0.717) is 23.6 Å². The van der Waals surface area contributed by atoms with Crippen LogP contribution in [0.15, 0.2) is 41.3 Å². The van der Waals surface area contributed by atoms with E-state index in [2.05, 4.69) is 10.3 Å². The largest absolute Gasteiger partial charge is 0.492 e. The van der Waals surface area contributed by atoms with Crippen molar-refractivity contribution in [1.82, 2.24) is 4.98 Å². The van der Waals surface area contributed by atoms with Crippen LogP contribution in [-0.4, -0.2) is 17.5 Å². The van der Waals surface area contributed by atoms with Crippen LogP contribution in [0.2, 0.25) is 0 Å². The van der Waals surface area contributed by atoms with Crippen molar-refractivity contribution in [2.45, 2.75) is 13.8 Å². The fourth-order valence-corrected chi connectivity index (χ4v) is 1.90. The van der Waals surface area contributed by atoms with Crippen LogP contribution < -0.4 is 15.6 Å². The van der Waals surface area contributed by atoms with Crippen LogP contribution >= 0.6 is 0 Å². The van der Waals surface area contributed by atoms with Gasteiger partial charge in [-0.3, -0.25) is 9.59 Å². The third kappa shape index (κ3) is 2.88. The van der Waals surface area contributed by atoms with Crippen LogP contribution in [0.4, 0.5) is 5.69 Å². The molecule has 1 heterocycles. The fourth-order valence-electron chi connectivity index (χ4n) is 1.90. The second kappa shape index (κ2) is 6.06. The first-order valence-corrected chi connectivity index (χ1v) is 6.35. The molecule has 2 rings (SSSR count). The van der Waals surface area contributed by atoms with Gasteiger partial charge >= 0.3 is 0 Å². The molecule has 2 N–H and O–H groups in total. The Labute approximate surface area is 116 Å². The van der Waals surface area contributed by atoms with Gasteiger partial charge in [0.05, 0.1) is 12.3 Å². The summed E-state index contributed by atoms with van der Waals surface area (Å²) in [5, 5.41) is 2.71. The minimum atomic E-state index is -0.448. The Morgan fingerprint density at radius 3 is 2.75 bits per heavy atom. The highest BCUT2D eigenvalue weighted by Crippen LogP contribution is 2.24. The van der Waals surface area contributed by atoms with Crippen molar-refractivity contribution in [2.24, 2.45) is 0 Å². The highest BCUT2D eigenvalue weighted by atomic mass is 16.5. The lowest BCUT2D eigenvalue weighted by atomic mass is 10.1. The molecule has 0 aliphatic rings. The zero-order valence-corrected chi connectivity index (χ0v) is 11.4. The first-order chi connectivity index (χ1) is 9.63. The number of para-hydroxylation sites is 2. The average Bonchev–Trinajstić information content (AvgIpc) is 2.41. The lowest BCUT2D eigenvalue weighted by Crippen LogP contribution is -2.24. The molecule has 20 heavy (non-hydrogen) atoms. The van der Waals surface area contributed by atoms with Crippen molar-refractivity contribution in [3.63, 3.8) is 0 Å². The SMILES string of the molecule is CCOc1ccccc1NC(=O)c1c(C)cc[nH]c1=O. The summed E-state index contributed by atoms with van der Waals surface area (Å²) in [4.78, 5) is 26.5. The molecule has 1 aromatic carbocycles. The van der Waals surface area contributed by atoms with E-state index in [1.807, 2.05) is 13.0 Å². The average molecular weight is 272 g/mol. The maximum Gasteiger partial charge on any atom is 0.261 e. The van der Waals surface area contributed by atoms with Crippen LogP contribution in [0.5, 0.6) is 5.75 Å². The summed E-state index contributed by atoms with van der Waals surface area (Å²) in [7, 11) is 0. The van der Waals surface area contributed by atoms with E-state index in [-0.39, 0.29) is 5.56 Å². The Bertz CT molecular complexity index is 677. The van der Waals surface area contributed by atoms with Gasteiger partial charge in [-0.1, -0.05) is 12.1 Å². The summed E-state index contributed by atoms with van der Waals surface area (Å²) < 4.78 is 5.43. The zero-order chi connectivity index (χ0) is 14.5. The molecule has 0 spiro atoms. The van der Waals surface area contributed by atoms with Crippen LogP contribution in [0.25, 0.3) is 0 Å². The molecule has 0 bridgehead atoms. The van der Waals surface area contributed by atoms with E-state index >= 15 is 0 Å². The van der Waals surface area contributed by atoms with Crippen LogP contribution in [0, 0.1) is 6.92 Å². The molecule has 5 nitrogen and oxygen atoms in total. The Morgan fingerprint density at radius 1 is 1.30 bits per heavy atom. The third-order valence-electron chi connectivity index (χ3n) is 2.83. The molecule has 1 amide bonds. The number of anilines is 1. The van der Waals surface area contributed by atoms with Gasteiger partial charge in [0.1, 0.15) is 11.3 Å². The highest BCUT2D eigenvalue weighted by molar-refractivity contribution is 6.05. The zero-order valence-electron chi connectivity index (χ0n) is 11.4. The number of carbonyl (C=O) groups is 1. The lowest BCUT2D eigenvalue weighted by Gasteiger charge is -2.11. The van der Waals surface area contributed by atoms with Crippen LogP contribution in [0.1, 0.15) is 22.8 Å². The fraction of sp³-hybridized carbons (Fsp3) is 0.200. The van der Waals surface area contributed by atoms with Gasteiger partial charge in [0, 0.05) is 6.20 Å². The maximum absolute atomic E-state index is 12.2. The molecule has 1 aromatic heterocycles. The van der Waals surface area contributed by atoms with E-state index in [1.165, 1.54) is 6.20 Å². The molecular weight excluding hydrogens is 256 g/mol. The van der Waals surface area contributed by atoms with Gasteiger partial charge < -0.3 is 15.0 Å². The monoisotopic (exact) mass is 272 g/mol. The number of benzene rings is 1. The van der Waals surface area contributed by atoms with Gasteiger partial charge in [0.25, 0.3) is 11.5 Å². The number of hydrogen-bond donors (Lipinski definition) is 2. The normalized spacial score (nSPS) is 10.1. The quantitative estimate of drug-likeness (QED) is 0.897. The number of pyridine rings is 1. The summed E-state index contributed by atoms with van der Waals surface area (Å²) >= 11 is 0. The number of carbonyl (C=O) groups excluding carboxylic acids is 1. The van der Waals surface area contributed by atoms with Gasteiger partial charge in [0.15, 0.2) is 0 Å². The van der Waals surface area contributed by atoms with E-state index in [4.69, 9.17) is 4.74 Å². The van der Waals surface area contributed by atoms with E-state index < -0.39 is 11.5 Å². The second-order valence-electron chi connectivity index (χ2n) is 4.25. The van der Waals surface area contributed by atoms with E-state index in [0.717, 1.165) is 0 Å². The first kappa shape index (κ1) is 13.9. The predicted octanol–water partition coefficient (Wildman–Crippen LogP) is 2.33. The van der Waals surface area contributed by atoms with Gasteiger partial charge in [0.2, 0.25) is 0 Å². The minimum Gasteiger partial charge on any atom is -0.492 e. The van der Waals surface area contributed by atoms with Crippen molar-refractivity contribution < 1.29 is 9.53 Å². The van der Waals surface area contributed by atoms with E-state index in [9.17, 15) is 9.59 Å². The van der Waals surface area contributed by atoms with Gasteiger partial charge in [-0.2, -0.15) is 0 Å². The molecule has 0 saturated carbocycles. The Morgan fingerprint density at radius 2 is 2.05 bits per heavy atom. The Hall–Kier alpha value is -2.56. The minimum absolute atomic E-state index is 0.110. The van der Waals surface area contributed by atoms with Crippen molar-refractivity contribution in [2.75, 3.05) is 11.9 Å². The van der Waals surface area contributed by atoms with Crippen molar-refractivity contribution in [3.05, 3.63) is 58.0 Å². The number of H-pyrrole nitrogens is 1. The summed E-state index contributed by atoms with van der Waals surface area (Å²) in [6.45, 7) is 4.08. The third-order valence-corrected chi connectivity index (χ3v) is 2.83. The topological polar surface area (TPSA) is 71.2 Å². The van der Waals surface area contributed by atoms with Crippen molar-refractivity contribution in [3.8, 4) is 5.75 Å². The molecule has 104 valence electrons. The first-order valence-electron chi connectivity index (χ1n) is 6.35. The number of hydrogen-bond acceptors (Lipinski definition) is 3. The molecule has 0 fully saturated rings. The molecule has 0 atom stereocenters. The molecule has 0 unspecified atom stereocenters. The number of aryl methyl sites for hydroxylation is 1. The van der Waals surface area contributed by atoms with Crippen molar-refractivity contribution in [1.29, 1.82) is 0 Å². The molecule has 2 aromatic rings. The molecule has 0 saturated heterocycles. The maximum atomic E-state index is 12.2.